The molecule has 0 fully saturated rings. The second-order valence-corrected chi connectivity index (χ2v) is 6.07. The minimum absolute atomic E-state index is 0.0731. The predicted octanol–water partition coefficient (Wildman–Crippen LogP) is 3.04. The van der Waals surface area contributed by atoms with E-state index in [9.17, 15) is 14.0 Å². The lowest BCUT2D eigenvalue weighted by Gasteiger charge is -2.10. The molecule has 2 amide bonds. The maximum absolute atomic E-state index is 12.8. The van der Waals surface area contributed by atoms with Crippen molar-refractivity contribution in [1.29, 1.82) is 0 Å². The summed E-state index contributed by atoms with van der Waals surface area (Å²) in [5.41, 5.74) is 4.85. The lowest BCUT2D eigenvalue weighted by atomic mass is 10.2. The lowest BCUT2D eigenvalue weighted by Crippen LogP contribution is -2.42. The first kappa shape index (κ1) is 18.1. The van der Waals surface area contributed by atoms with Crippen molar-refractivity contribution in [3.63, 3.8) is 0 Å². The van der Waals surface area contributed by atoms with E-state index in [1.807, 2.05) is 0 Å². The third kappa shape index (κ3) is 5.14. The number of carbonyl (C=O) groups is 2. The normalized spacial score (nSPS) is 10.1. The fourth-order valence-electron chi connectivity index (χ4n) is 1.76. The van der Waals surface area contributed by atoms with E-state index >= 15 is 0 Å². The van der Waals surface area contributed by atoms with Gasteiger partial charge in [-0.15, -0.1) is 11.8 Å². The number of benzene rings is 2. The molecule has 8 heteroatoms. The molecule has 126 valence electrons. The maximum atomic E-state index is 12.8. The Kier molecular flexibility index (Phi) is 6.45. The molecule has 24 heavy (non-hydrogen) atoms. The monoisotopic (exact) mass is 368 g/mol. The van der Waals surface area contributed by atoms with Crippen LogP contribution in [0.5, 0.6) is 5.75 Å². The first-order valence-electron chi connectivity index (χ1n) is 6.80. The highest BCUT2D eigenvalue weighted by atomic mass is 35.5. The molecule has 0 atom stereocenters. The fraction of sp³-hybridized carbons (Fsp3) is 0.125. The van der Waals surface area contributed by atoms with E-state index in [-0.39, 0.29) is 17.1 Å². The van der Waals surface area contributed by atoms with Gasteiger partial charge in [0.25, 0.3) is 5.91 Å². The van der Waals surface area contributed by atoms with Crippen LogP contribution in [0.2, 0.25) is 5.02 Å². The van der Waals surface area contributed by atoms with Crippen LogP contribution in [0.1, 0.15) is 10.4 Å². The summed E-state index contributed by atoms with van der Waals surface area (Å²) < 4.78 is 17.9. The Hall–Kier alpha value is -2.25. The highest BCUT2D eigenvalue weighted by Crippen LogP contribution is 2.22. The van der Waals surface area contributed by atoms with Crippen LogP contribution in [0.25, 0.3) is 0 Å². The van der Waals surface area contributed by atoms with Gasteiger partial charge in [-0.3, -0.25) is 20.4 Å². The largest absolute Gasteiger partial charge is 0.496 e. The highest BCUT2D eigenvalue weighted by molar-refractivity contribution is 8.00. The molecule has 0 heterocycles. The van der Waals surface area contributed by atoms with Gasteiger partial charge >= 0.3 is 0 Å². The maximum Gasteiger partial charge on any atom is 0.273 e. The topological polar surface area (TPSA) is 67.4 Å². The number of methoxy groups -OCH3 is 1. The summed E-state index contributed by atoms with van der Waals surface area (Å²) in [5, 5.41) is 0.433. The van der Waals surface area contributed by atoms with E-state index in [1.165, 1.54) is 43.1 Å². The molecular formula is C16H14ClFN2O3S. The zero-order valence-electron chi connectivity index (χ0n) is 12.6. The number of halogens is 2. The molecule has 2 N–H and O–H groups in total. The molecular weight excluding hydrogens is 355 g/mol. The van der Waals surface area contributed by atoms with Crippen LogP contribution in [-0.2, 0) is 4.79 Å². The van der Waals surface area contributed by atoms with Crippen molar-refractivity contribution in [2.24, 2.45) is 0 Å². The van der Waals surface area contributed by atoms with Gasteiger partial charge in [0.05, 0.1) is 18.4 Å². The Balaban J connectivity index is 1.85. The van der Waals surface area contributed by atoms with Gasteiger partial charge in [-0.1, -0.05) is 11.6 Å². The van der Waals surface area contributed by atoms with Gasteiger partial charge in [0.1, 0.15) is 11.6 Å². The molecule has 2 aromatic rings. The van der Waals surface area contributed by atoms with Crippen molar-refractivity contribution >= 4 is 35.2 Å². The molecule has 0 radical (unpaired) electrons. The van der Waals surface area contributed by atoms with Gasteiger partial charge < -0.3 is 4.74 Å². The number of hydrogen-bond acceptors (Lipinski definition) is 4. The van der Waals surface area contributed by atoms with E-state index in [4.69, 9.17) is 16.3 Å². The van der Waals surface area contributed by atoms with Gasteiger partial charge in [0, 0.05) is 9.92 Å². The quantitative estimate of drug-likeness (QED) is 0.628. The van der Waals surface area contributed by atoms with E-state index in [0.717, 1.165) is 4.90 Å². The van der Waals surface area contributed by atoms with Gasteiger partial charge in [0.15, 0.2) is 0 Å². The van der Waals surface area contributed by atoms with Crippen molar-refractivity contribution < 1.29 is 18.7 Å². The number of rotatable bonds is 5. The molecule has 0 saturated carbocycles. The standard InChI is InChI=1S/C16H14ClFN2O3S/c1-23-14-8-10(17)2-7-13(14)16(22)20-19-15(21)9-24-12-5-3-11(18)4-6-12/h2-8H,9H2,1H3,(H,19,21)(H,20,22). The van der Waals surface area contributed by atoms with E-state index in [2.05, 4.69) is 10.9 Å². The van der Waals surface area contributed by atoms with Crippen LogP contribution in [-0.4, -0.2) is 24.7 Å². The SMILES string of the molecule is COc1cc(Cl)ccc1C(=O)NNC(=O)CSc1ccc(F)cc1. The van der Waals surface area contributed by atoms with Gasteiger partial charge in [0.2, 0.25) is 5.91 Å². The number of ether oxygens (including phenoxy) is 1. The van der Waals surface area contributed by atoms with Crippen molar-refractivity contribution in [3.8, 4) is 5.75 Å². The van der Waals surface area contributed by atoms with Gasteiger partial charge in [-0.05, 0) is 42.5 Å². The predicted molar refractivity (Wildman–Crippen MR) is 90.7 cm³/mol. The average molecular weight is 369 g/mol. The van der Waals surface area contributed by atoms with Crippen LogP contribution >= 0.6 is 23.4 Å². The third-order valence-electron chi connectivity index (χ3n) is 2.91. The van der Waals surface area contributed by atoms with Crippen LogP contribution in [0, 0.1) is 5.82 Å². The second-order valence-electron chi connectivity index (χ2n) is 4.59. The number of hydrazine groups is 1. The molecule has 2 aromatic carbocycles. The molecule has 0 saturated heterocycles. The highest BCUT2D eigenvalue weighted by Gasteiger charge is 2.13. The zero-order chi connectivity index (χ0) is 17.5. The molecule has 0 aromatic heterocycles. The molecule has 5 nitrogen and oxygen atoms in total. The number of amides is 2. The van der Waals surface area contributed by atoms with Crippen molar-refractivity contribution in [2.75, 3.05) is 12.9 Å². The van der Waals surface area contributed by atoms with Crippen LogP contribution in [0.3, 0.4) is 0 Å². The Bertz CT molecular complexity index is 741. The fourth-order valence-corrected chi connectivity index (χ4v) is 2.62. The zero-order valence-corrected chi connectivity index (χ0v) is 14.2. The summed E-state index contributed by atoms with van der Waals surface area (Å²) >= 11 is 7.05. The van der Waals surface area contributed by atoms with E-state index < -0.39 is 11.8 Å². The molecule has 0 bridgehead atoms. The summed E-state index contributed by atoms with van der Waals surface area (Å²) in [4.78, 5) is 24.6. The van der Waals surface area contributed by atoms with E-state index in [1.54, 1.807) is 18.2 Å². The minimum atomic E-state index is -0.524. The Labute approximate surface area is 147 Å². The van der Waals surface area contributed by atoms with Crippen molar-refractivity contribution in [2.45, 2.75) is 4.90 Å². The Morgan fingerprint density at radius 3 is 2.54 bits per heavy atom. The minimum Gasteiger partial charge on any atom is -0.496 e. The smallest absolute Gasteiger partial charge is 0.273 e. The first-order chi connectivity index (χ1) is 11.5. The number of nitrogens with one attached hydrogen (secondary N) is 2. The lowest BCUT2D eigenvalue weighted by molar-refractivity contribution is -0.119. The average Bonchev–Trinajstić information content (AvgIpc) is 2.59. The summed E-state index contributed by atoms with van der Waals surface area (Å²) in [6, 6.07) is 10.3. The van der Waals surface area contributed by atoms with Crippen molar-refractivity contribution in [3.05, 3.63) is 58.9 Å². The Morgan fingerprint density at radius 1 is 1.17 bits per heavy atom. The number of hydrogen-bond donors (Lipinski definition) is 2. The van der Waals surface area contributed by atoms with Crippen LogP contribution < -0.4 is 15.6 Å². The number of thioether (sulfide) groups is 1. The molecule has 0 aliphatic rings. The van der Waals surface area contributed by atoms with Gasteiger partial charge in [-0.2, -0.15) is 0 Å². The summed E-state index contributed by atoms with van der Waals surface area (Å²) in [5.74, 6) is -0.888. The summed E-state index contributed by atoms with van der Waals surface area (Å²) in [6.45, 7) is 0. The third-order valence-corrected chi connectivity index (χ3v) is 4.15. The summed E-state index contributed by atoms with van der Waals surface area (Å²) in [6.07, 6.45) is 0. The second kappa shape index (κ2) is 8.56. The van der Waals surface area contributed by atoms with Crippen molar-refractivity contribution in [1.82, 2.24) is 10.9 Å². The first-order valence-corrected chi connectivity index (χ1v) is 8.17. The van der Waals surface area contributed by atoms with Gasteiger partial charge in [-0.25, -0.2) is 4.39 Å². The molecule has 0 aliphatic heterocycles. The van der Waals surface area contributed by atoms with Crippen LogP contribution in [0.15, 0.2) is 47.4 Å². The van der Waals surface area contributed by atoms with E-state index in [0.29, 0.717) is 10.8 Å². The molecule has 2 rings (SSSR count). The summed E-state index contributed by atoms with van der Waals surface area (Å²) in [7, 11) is 1.42. The number of carbonyl (C=O) groups excluding carboxylic acids is 2. The van der Waals surface area contributed by atoms with Crippen LogP contribution in [0.4, 0.5) is 4.39 Å². The molecule has 0 aliphatic carbocycles. The molecule has 0 spiro atoms. The Morgan fingerprint density at radius 2 is 1.88 bits per heavy atom. The molecule has 0 unspecified atom stereocenters.